The Hall–Kier alpha value is -3.40. The highest BCUT2D eigenvalue weighted by Crippen LogP contribution is 2.48. The maximum absolute atomic E-state index is 7.27. The average molecular weight is 867 g/mol. The molecule has 0 atom stereocenters. The lowest BCUT2D eigenvalue weighted by atomic mass is 9.81. The van der Waals surface area contributed by atoms with E-state index in [-0.39, 0.29) is 21.7 Å². The lowest BCUT2D eigenvalue weighted by Crippen LogP contribution is -2.22. The minimum absolute atomic E-state index is 0.133. The summed E-state index contributed by atoms with van der Waals surface area (Å²) in [5.74, 6) is 0. The van der Waals surface area contributed by atoms with Gasteiger partial charge in [-0.2, -0.15) is 0 Å². The van der Waals surface area contributed by atoms with Gasteiger partial charge in [-0.05, 0) is 128 Å². The van der Waals surface area contributed by atoms with Crippen LogP contribution in [0.5, 0.6) is 0 Å². The molecule has 61 heavy (non-hydrogen) atoms. The van der Waals surface area contributed by atoms with Gasteiger partial charge in [-0.1, -0.05) is 107 Å². The summed E-state index contributed by atoms with van der Waals surface area (Å²) in [6.07, 6.45) is 0.861. The summed E-state index contributed by atoms with van der Waals surface area (Å²) in [5.41, 5.74) is 18.2. The van der Waals surface area contributed by atoms with Crippen LogP contribution in [0.2, 0.25) is 0 Å². The van der Waals surface area contributed by atoms with E-state index < -0.39 is 16.3 Å². The van der Waals surface area contributed by atoms with Crippen molar-refractivity contribution in [3.05, 3.63) is 91.0 Å². The van der Waals surface area contributed by atoms with E-state index in [9.17, 15) is 0 Å². The highest BCUT2D eigenvalue weighted by atomic mass is 31.1. The monoisotopic (exact) mass is 867 g/mol. The summed E-state index contributed by atoms with van der Waals surface area (Å²) in [4.78, 5) is 0. The number of rotatable bonds is 6. The fourth-order valence-electron chi connectivity index (χ4n) is 8.70. The molecule has 0 fully saturated rings. The van der Waals surface area contributed by atoms with Crippen molar-refractivity contribution in [1.82, 2.24) is 0 Å². The van der Waals surface area contributed by atoms with Gasteiger partial charge in [0.05, 0.1) is 0 Å². The third-order valence-electron chi connectivity index (χ3n) is 13.1. The number of aryl methyl sites for hydroxylation is 8. The van der Waals surface area contributed by atoms with E-state index in [0.29, 0.717) is 0 Å². The molecule has 6 nitrogen and oxygen atoms in total. The van der Waals surface area contributed by atoms with Crippen LogP contribution in [0.3, 0.4) is 0 Å². The number of fused-ring (bicyclic) bond motifs is 6. The topological polar surface area (TPSA) is 59.0 Å². The second kappa shape index (κ2) is 16.3. The summed E-state index contributed by atoms with van der Waals surface area (Å²) in [7, 11) is 1.29. The van der Waals surface area contributed by atoms with Gasteiger partial charge < -0.3 is 16.8 Å². The minimum Gasteiger partial charge on any atom is -0.407 e. The molecular weight excluding hydrogens is 791 g/mol. The Labute approximate surface area is 369 Å². The SMILES string of the molecule is Cc1cc(C(C)(C)C)c2op(N(C)CCCN(C)p3oc4c(C(C)(C)C)cc(C)c(C)c4c4c(C)c(C)cc(C(C)(C)C)c4o3)oc3c(C(C)(C)C)cc(C)c(C)c3c2c1C. The Kier molecular flexibility index (Phi) is 12.6. The lowest BCUT2D eigenvalue weighted by molar-refractivity contribution is 0.561. The molecule has 4 aromatic carbocycles. The minimum atomic E-state index is -1.51. The molecule has 0 spiro atoms. The number of hydrogen-bond acceptors (Lipinski definition) is 6. The zero-order valence-electron chi connectivity index (χ0n) is 41.9. The standard InChI is InChI=1S/C53H76N2O4P2/c1-30-26-38(50(9,10)11)46-42(34(30)5)43-35(6)31(2)27-39(51(12,13)14)47(43)57-60(56-46)54(21)24-23-25-55(22)61-58-48-40(52(15,16)17)28-32(3)36(7)44(48)45-37(8)33(4)29-41(49(45)59-61)53(18,19)20/h26-29H,23-25H2,1-22H3. The highest BCUT2D eigenvalue weighted by molar-refractivity contribution is 7.39. The molecule has 0 saturated carbocycles. The zero-order chi connectivity index (χ0) is 45.6. The molecule has 332 valence electrons. The first-order chi connectivity index (χ1) is 27.9. The first-order valence-electron chi connectivity index (χ1n) is 22.3. The normalized spacial score (nSPS) is 13.2. The molecule has 2 heterocycles. The maximum Gasteiger partial charge on any atom is 0.309 e. The Bertz CT molecular complexity index is 2410. The van der Waals surface area contributed by atoms with E-state index in [1.807, 2.05) is 0 Å². The van der Waals surface area contributed by atoms with Crippen LogP contribution in [0.25, 0.3) is 43.9 Å². The summed E-state index contributed by atoms with van der Waals surface area (Å²) in [6.45, 7) is 46.9. The van der Waals surface area contributed by atoms with Crippen molar-refractivity contribution in [3.8, 4) is 0 Å². The Morgan fingerprint density at radius 1 is 0.377 bits per heavy atom. The third-order valence-corrected chi connectivity index (χ3v) is 16.0. The summed E-state index contributed by atoms with van der Waals surface area (Å²) in [6, 6.07) is 9.35. The van der Waals surface area contributed by atoms with Crippen LogP contribution >= 0.6 is 16.3 Å². The Morgan fingerprint density at radius 3 is 0.754 bits per heavy atom. The highest BCUT2D eigenvalue weighted by Gasteiger charge is 2.30. The molecule has 0 radical (unpaired) electrons. The van der Waals surface area contributed by atoms with Crippen LogP contribution in [-0.2, 0) is 21.7 Å². The zero-order valence-corrected chi connectivity index (χ0v) is 43.6. The van der Waals surface area contributed by atoms with Gasteiger partial charge in [-0.25, -0.2) is 9.34 Å². The second-order valence-corrected chi connectivity index (χ2v) is 25.3. The van der Waals surface area contributed by atoms with Crippen molar-refractivity contribution < 1.29 is 16.8 Å². The predicted molar refractivity (Wildman–Crippen MR) is 268 cm³/mol. The molecular formula is C53H76N2O4P2. The molecule has 0 unspecified atom stereocenters. The maximum atomic E-state index is 7.27. The average Bonchev–Trinajstić information content (AvgIpc) is 3.42. The number of hydrogen-bond donors (Lipinski definition) is 0. The quantitative estimate of drug-likeness (QED) is 0.166. The van der Waals surface area contributed by atoms with Crippen molar-refractivity contribution in [2.24, 2.45) is 0 Å². The first-order valence-corrected chi connectivity index (χ1v) is 24.5. The molecule has 0 aliphatic rings. The molecule has 6 aromatic rings. The Morgan fingerprint density at radius 2 is 0.574 bits per heavy atom. The van der Waals surface area contributed by atoms with Crippen molar-refractivity contribution in [1.29, 1.82) is 0 Å². The first kappa shape index (κ1) is 47.1. The van der Waals surface area contributed by atoms with Gasteiger partial charge in [0.25, 0.3) is 0 Å². The van der Waals surface area contributed by atoms with Crippen LogP contribution in [0, 0.1) is 55.4 Å². The van der Waals surface area contributed by atoms with Crippen molar-refractivity contribution in [2.75, 3.05) is 36.5 Å². The van der Waals surface area contributed by atoms with Gasteiger partial charge >= 0.3 is 16.3 Å². The predicted octanol–water partition coefficient (Wildman–Crippen LogP) is 16.8. The van der Waals surface area contributed by atoms with E-state index in [2.05, 4.69) is 186 Å². The summed E-state index contributed by atoms with van der Waals surface area (Å²) >= 11 is 0. The van der Waals surface area contributed by atoms with Crippen molar-refractivity contribution >= 4 is 60.2 Å². The van der Waals surface area contributed by atoms with Gasteiger partial charge in [0.2, 0.25) is 0 Å². The lowest BCUT2D eigenvalue weighted by Gasteiger charge is -2.23. The van der Waals surface area contributed by atoms with Crippen LogP contribution in [0.4, 0.5) is 0 Å². The fourth-order valence-corrected chi connectivity index (χ4v) is 11.3. The van der Waals surface area contributed by atoms with Gasteiger partial charge in [-0.3, -0.25) is 0 Å². The molecule has 6 rings (SSSR count). The van der Waals surface area contributed by atoms with Gasteiger partial charge in [0.1, 0.15) is 22.3 Å². The van der Waals surface area contributed by atoms with E-state index in [4.69, 9.17) is 16.8 Å². The molecule has 8 heteroatoms. The van der Waals surface area contributed by atoms with E-state index in [1.54, 1.807) is 0 Å². The van der Waals surface area contributed by atoms with Gasteiger partial charge in [-0.15, -0.1) is 0 Å². The molecule has 0 aliphatic carbocycles. The van der Waals surface area contributed by atoms with Crippen molar-refractivity contribution in [2.45, 2.75) is 167 Å². The van der Waals surface area contributed by atoms with E-state index >= 15 is 0 Å². The van der Waals surface area contributed by atoms with Crippen LogP contribution in [0.1, 0.15) is 156 Å². The second-order valence-electron chi connectivity index (χ2n) is 22.2. The molecule has 0 N–H and O–H groups in total. The van der Waals surface area contributed by atoms with Crippen molar-refractivity contribution in [3.63, 3.8) is 0 Å². The molecule has 0 amide bonds. The van der Waals surface area contributed by atoms with Crippen LogP contribution in [-0.4, -0.2) is 27.2 Å². The molecule has 0 saturated heterocycles. The largest absolute Gasteiger partial charge is 0.407 e. The number of benzene rings is 4. The van der Waals surface area contributed by atoms with Gasteiger partial charge in [0, 0.05) is 71.0 Å². The summed E-state index contributed by atoms with van der Waals surface area (Å²) < 4.78 is 33.7. The van der Waals surface area contributed by atoms with Gasteiger partial charge in [0.15, 0.2) is 0 Å². The smallest absolute Gasteiger partial charge is 0.309 e. The third kappa shape index (κ3) is 8.78. The fraction of sp³-hybridized carbons (Fsp3) is 0.547. The van der Waals surface area contributed by atoms with Crippen LogP contribution < -0.4 is 9.34 Å². The van der Waals surface area contributed by atoms with E-state index in [1.165, 1.54) is 88.3 Å². The molecule has 0 aliphatic heterocycles. The molecule has 0 bridgehead atoms. The van der Waals surface area contributed by atoms with Crippen LogP contribution in [0.15, 0.2) is 41.1 Å². The Balaban J connectivity index is 1.53. The molecule has 2 aromatic heterocycles. The number of nitrogens with zero attached hydrogens (tertiary/aromatic N) is 2. The van der Waals surface area contributed by atoms with E-state index in [0.717, 1.165) is 41.8 Å². The summed E-state index contributed by atoms with van der Waals surface area (Å²) in [5, 5.41) is 4.71.